The summed E-state index contributed by atoms with van der Waals surface area (Å²) in [5, 5.41) is 7.18. The van der Waals surface area contributed by atoms with Crippen LogP contribution in [-0.2, 0) is 16.6 Å². The molecule has 0 bridgehead atoms. The molecule has 0 radical (unpaired) electrons. The Bertz CT molecular complexity index is 1520. The number of halogens is 2. The lowest BCUT2D eigenvalue weighted by atomic mass is 9.99. The number of carbonyl (C=O) groups excluding carboxylic acids is 2. The molecule has 1 saturated heterocycles. The summed E-state index contributed by atoms with van der Waals surface area (Å²) in [6, 6.07) is 15.6. The standard InChI is InChI=1S/C26H22F2N4O4/c1-26(27,28)25(35)29-19-13-22(34)32(24(19)15-6-4-3-5-7-15)17-9-10-18-20(12-17)36-30-23(18)16-8-11-21(33)31(2)14-16/h3-12,14,19,24H,13H2,1-2H3,(H,29,35). The van der Waals surface area contributed by atoms with Gasteiger partial charge in [-0.1, -0.05) is 35.5 Å². The molecule has 1 aliphatic rings. The molecule has 36 heavy (non-hydrogen) atoms. The number of alkyl halides is 2. The molecule has 2 atom stereocenters. The fraction of sp³-hybridized carbons (Fsp3) is 0.231. The van der Waals surface area contributed by atoms with E-state index in [9.17, 15) is 23.2 Å². The zero-order chi connectivity index (χ0) is 25.6. The maximum absolute atomic E-state index is 13.6. The predicted octanol–water partition coefficient (Wildman–Crippen LogP) is 3.81. The van der Waals surface area contributed by atoms with Crippen LogP contribution in [0.3, 0.4) is 0 Å². The molecule has 0 spiro atoms. The smallest absolute Gasteiger partial charge is 0.321 e. The fourth-order valence-corrected chi connectivity index (χ4v) is 4.51. The highest BCUT2D eigenvalue weighted by Gasteiger charge is 2.45. The number of amides is 2. The molecular formula is C26H22F2N4O4. The van der Waals surface area contributed by atoms with Gasteiger partial charge in [-0.2, -0.15) is 8.78 Å². The Balaban J connectivity index is 1.54. The van der Waals surface area contributed by atoms with Crippen molar-refractivity contribution in [3.8, 4) is 11.3 Å². The minimum atomic E-state index is -3.58. The van der Waals surface area contributed by atoms with Gasteiger partial charge in [-0.15, -0.1) is 0 Å². The third-order valence-electron chi connectivity index (χ3n) is 6.27. The lowest BCUT2D eigenvalue weighted by Gasteiger charge is -2.29. The van der Waals surface area contributed by atoms with Crippen molar-refractivity contribution < 1.29 is 22.9 Å². The van der Waals surface area contributed by atoms with Crippen molar-refractivity contribution in [2.24, 2.45) is 7.05 Å². The van der Waals surface area contributed by atoms with Gasteiger partial charge < -0.3 is 19.3 Å². The average molecular weight is 492 g/mol. The Hall–Kier alpha value is -4.34. The minimum Gasteiger partial charge on any atom is -0.356 e. The van der Waals surface area contributed by atoms with E-state index in [2.05, 4.69) is 10.5 Å². The van der Waals surface area contributed by atoms with Crippen molar-refractivity contribution in [1.29, 1.82) is 0 Å². The number of hydrogen-bond donors (Lipinski definition) is 1. The first-order valence-electron chi connectivity index (χ1n) is 11.3. The van der Waals surface area contributed by atoms with Crippen LogP contribution in [-0.4, -0.2) is 33.5 Å². The highest BCUT2D eigenvalue weighted by molar-refractivity contribution is 6.01. The third kappa shape index (κ3) is 4.15. The zero-order valence-electron chi connectivity index (χ0n) is 19.4. The number of aryl methyl sites for hydroxylation is 1. The van der Waals surface area contributed by atoms with Crippen LogP contribution in [0.4, 0.5) is 14.5 Å². The normalized spacial score (nSPS) is 18.1. The van der Waals surface area contributed by atoms with E-state index < -0.39 is 23.9 Å². The number of fused-ring (bicyclic) bond motifs is 1. The van der Waals surface area contributed by atoms with E-state index in [0.717, 1.165) is 0 Å². The summed E-state index contributed by atoms with van der Waals surface area (Å²) in [5.41, 5.74) is 2.64. The van der Waals surface area contributed by atoms with Crippen LogP contribution < -0.4 is 15.8 Å². The second-order valence-electron chi connectivity index (χ2n) is 8.87. The quantitative estimate of drug-likeness (QED) is 0.457. The largest absolute Gasteiger partial charge is 0.356 e. The van der Waals surface area contributed by atoms with Gasteiger partial charge in [-0.05, 0) is 23.8 Å². The number of aromatic nitrogens is 2. The molecule has 10 heteroatoms. The topological polar surface area (TPSA) is 97.4 Å². The van der Waals surface area contributed by atoms with E-state index in [4.69, 9.17) is 4.52 Å². The first-order chi connectivity index (χ1) is 17.1. The van der Waals surface area contributed by atoms with Crippen LogP contribution in [0.1, 0.15) is 24.9 Å². The molecule has 0 aliphatic carbocycles. The number of nitrogens with zero attached hydrogens (tertiary/aromatic N) is 3. The summed E-state index contributed by atoms with van der Waals surface area (Å²) in [6.07, 6.45) is 1.51. The summed E-state index contributed by atoms with van der Waals surface area (Å²) in [6.45, 7) is 0.522. The van der Waals surface area contributed by atoms with Gasteiger partial charge >= 0.3 is 5.92 Å². The molecule has 8 nitrogen and oxygen atoms in total. The predicted molar refractivity (Wildman–Crippen MR) is 129 cm³/mol. The lowest BCUT2D eigenvalue weighted by molar-refractivity contribution is -0.143. The SMILES string of the molecule is Cn1cc(-c2noc3cc(N4C(=O)CC(NC(=O)C(C)(F)F)C4c4ccccc4)ccc23)ccc1=O. The van der Waals surface area contributed by atoms with Crippen LogP contribution in [0.25, 0.3) is 22.2 Å². The van der Waals surface area contributed by atoms with Crippen LogP contribution in [0.2, 0.25) is 0 Å². The van der Waals surface area contributed by atoms with Crippen molar-refractivity contribution in [2.75, 3.05) is 4.90 Å². The number of benzene rings is 2. The number of rotatable bonds is 5. The first-order valence-corrected chi connectivity index (χ1v) is 11.3. The van der Waals surface area contributed by atoms with E-state index in [-0.39, 0.29) is 17.9 Å². The summed E-state index contributed by atoms with van der Waals surface area (Å²) in [7, 11) is 1.64. The van der Waals surface area contributed by atoms with Crippen molar-refractivity contribution >= 4 is 28.5 Å². The van der Waals surface area contributed by atoms with Gasteiger partial charge in [0.1, 0.15) is 5.69 Å². The van der Waals surface area contributed by atoms with Crippen molar-refractivity contribution in [1.82, 2.24) is 15.0 Å². The molecular weight excluding hydrogens is 470 g/mol. The summed E-state index contributed by atoms with van der Waals surface area (Å²) >= 11 is 0. The summed E-state index contributed by atoms with van der Waals surface area (Å²) < 4.78 is 34.2. The van der Waals surface area contributed by atoms with Crippen LogP contribution in [0.15, 0.2) is 76.2 Å². The Morgan fingerprint density at radius 3 is 2.56 bits per heavy atom. The van der Waals surface area contributed by atoms with Gasteiger partial charge in [0, 0.05) is 55.4 Å². The Morgan fingerprint density at radius 1 is 1.11 bits per heavy atom. The van der Waals surface area contributed by atoms with Gasteiger partial charge in [-0.25, -0.2) is 0 Å². The maximum atomic E-state index is 13.6. The Morgan fingerprint density at radius 2 is 1.86 bits per heavy atom. The Labute approximate surface area is 204 Å². The molecule has 0 saturated carbocycles. The average Bonchev–Trinajstić information content (AvgIpc) is 3.41. The number of pyridine rings is 1. The van der Waals surface area contributed by atoms with Crippen molar-refractivity contribution in [3.05, 3.63) is 82.8 Å². The lowest BCUT2D eigenvalue weighted by Crippen LogP contribution is -2.46. The van der Waals surface area contributed by atoms with Crippen LogP contribution in [0.5, 0.6) is 0 Å². The van der Waals surface area contributed by atoms with E-state index in [1.807, 2.05) is 0 Å². The van der Waals surface area contributed by atoms with Crippen molar-refractivity contribution in [2.45, 2.75) is 31.4 Å². The summed E-state index contributed by atoms with van der Waals surface area (Å²) in [5.74, 6) is -5.34. The van der Waals surface area contributed by atoms with Gasteiger partial charge in [0.05, 0.1) is 12.1 Å². The van der Waals surface area contributed by atoms with Gasteiger partial charge in [0.25, 0.3) is 5.91 Å². The highest BCUT2D eigenvalue weighted by Crippen LogP contribution is 2.39. The van der Waals surface area contributed by atoms with E-state index in [0.29, 0.717) is 40.4 Å². The molecule has 2 aromatic heterocycles. The second kappa shape index (κ2) is 8.71. The van der Waals surface area contributed by atoms with E-state index in [1.165, 1.54) is 15.5 Å². The van der Waals surface area contributed by atoms with E-state index >= 15 is 0 Å². The number of hydrogen-bond acceptors (Lipinski definition) is 5. The van der Waals surface area contributed by atoms with Crippen LogP contribution >= 0.6 is 0 Å². The number of anilines is 1. The van der Waals surface area contributed by atoms with Crippen LogP contribution in [0, 0.1) is 0 Å². The molecule has 2 unspecified atom stereocenters. The molecule has 2 aromatic carbocycles. The molecule has 1 N–H and O–H groups in total. The molecule has 4 aromatic rings. The second-order valence-corrected chi connectivity index (χ2v) is 8.87. The minimum absolute atomic E-state index is 0.140. The van der Waals surface area contributed by atoms with Crippen molar-refractivity contribution in [3.63, 3.8) is 0 Å². The van der Waals surface area contributed by atoms with Gasteiger partial charge in [0.2, 0.25) is 11.5 Å². The molecule has 2 amide bonds. The fourth-order valence-electron chi connectivity index (χ4n) is 4.51. The molecule has 5 rings (SSSR count). The van der Waals surface area contributed by atoms with Gasteiger partial charge in [0.15, 0.2) is 5.58 Å². The Kier molecular flexibility index (Phi) is 5.66. The molecule has 184 valence electrons. The first kappa shape index (κ1) is 23.4. The summed E-state index contributed by atoms with van der Waals surface area (Å²) in [4.78, 5) is 38.4. The van der Waals surface area contributed by atoms with Gasteiger partial charge in [-0.3, -0.25) is 14.4 Å². The molecule has 1 fully saturated rings. The third-order valence-corrected chi connectivity index (χ3v) is 6.27. The monoisotopic (exact) mass is 492 g/mol. The molecule has 1 aliphatic heterocycles. The number of nitrogens with one attached hydrogen (secondary N) is 1. The molecule has 3 heterocycles. The number of carbonyl (C=O) groups is 2. The maximum Gasteiger partial charge on any atom is 0.321 e. The zero-order valence-corrected chi connectivity index (χ0v) is 19.4. The van der Waals surface area contributed by atoms with E-state index in [1.54, 1.807) is 67.8 Å². The highest BCUT2D eigenvalue weighted by atomic mass is 19.3.